The fourth-order valence-electron chi connectivity index (χ4n) is 4.66. The minimum Gasteiger partial charge on any atom is -0.497 e. The molecule has 1 N–H and O–H groups in total. The molecule has 2 aliphatic rings. The minimum absolute atomic E-state index is 0.0712. The molecule has 0 spiro atoms. The normalized spacial score (nSPS) is 30.0. The van der Waals surface area contributed by atoms with Crippen molar-refractivity contribution in [3.8, 4) is 5.75 Å². The summed E-state index contributed by atoms with van der Waals surface area (Å²) in [5.41, 5.74) is -0.544. The van der Waals surface area contributed by atoms with Crippen molar-refractivity contribution in [1.82, 2.24) is 4.98 Å². The number of hydrogen-bond acceptors (Lipinski definition) is 5. The maximum Gasteiger partial charge on any atom is 0.233 e. The lowest BCUT2D eigenvalue weighted by Gasteiger charge is -2.38. The number of ketones is 1. The van der Waals surface area contributed by atoms with Gasteiger partial charge in [-0.05, 0) is 36.5 Å². The Kier molecular flexibility index (Phi) is 3.33. The van der Waals surface area contributed by atoms with Gasteiger partial charge in [0.1, 0.15) is 11.5 Å². The van der Waals surface area contributed by atoms with E-state index < -0.39 is 10.8 Å². The standard InChI is InChI=1S/C19H22N2O3S/c1-17(2)18(3)7-8-19(17,10-14(18)22)15(23)21-16-20-12-6-5-11(24-4)9-13(12)25-16/h5-6,9H,7-8,10H2,1-4H3,(H,20,21,23)/t18-,19-/m1/s1. The lowest BCUT2D eigenvalue weighted by molar-refractivity contribution is -0.131. The van der Waals surface area contributed by atoms with Crippen LogP contribution in [0.2, 0.25) is 0 Å². The van der Waals surface area contributed by atoms with Gasteiger partial charge in [0.15, 0.2) is 5.13 Å². The zero-order chi connectivity index (χ0) is 18.0. The highest BCUT2D eigenvalue weighted by Gasteiger charge is 2.72. The molecule has 5 nitrogen and oxygen atoms in total. The quantitative estimate of drug-likeness (QED) is 0.899. The van der Waals surface area contributed by atoms with E-state index in [4.69, 9.17) is 4.74 Å². The molecule has 4 rings (SSSR count). The third kappa shape index (κ3) is 1.97. The zero-order valence-corrected chi connectivity index (χ0v) is 15.8. The van der Waals surface area contributed by atoms with Gasteiger partial charge >= 0.3 is 0 Å². The van der Waals surface area contributed by atoms with Gasteiger partial charge < -0.3 is 10.1 Å². The Hall–Kier alpha value is -1.95. The second-order valence-electron chi connectivity index (χ2n) is 7.95. The Morgan fingerprint density at radius 2 is 2.04 bits per heavy atom. The molecule has 6 heteroatoms. The van der Waals surface area contributed by atoms with Crippen molar-refractivity contribution >= 4 is 38.4 Å². The van der Waals surface area contributed by atoms with Crippen LogP contribution in [-0.2, 0) is 9.59 Å². The van der Waals surface area contributed by atoms with Crippen molar-refractivity contribution in [1.29, 1.82) is 0 Å². The number of nitrogens with zero attached hydrogens (tertiary/aromatic N) is 1. The molecule has 2 aromatic rings. The third-order valence-corrected chi connectivity index (χ3v) is 7.89. The fraction of sp³-hybridized carbons (Fsp3) is 0.526. The molecule has 25 heavy (non-hydrogen) atoms. The molecule has 0 aliphatic heterocycles. The van der Waals surface area contributed by atoms with Gasteiger partial charge in [0, 0.05) is 11.8 Å². The van der Waals surface area contributed by atoms with Crippen LogP contribution in [0.25, 0.3) is 10.2 Å². The summed E-state index contributed by atoms with van der Waals surface area (Å²) in [5, 5.41) is 3.57. The number of rotatable bonds is 3. The van der Waals surface area contributed by atoms with Gasteiger partial charge in [-0.3, -0.25) is 9.59 Å². The van der Waals surface area contributed by atoms with Crippen LogP contribution in [0.3, 0.4) is 0 Å². The first kappa shape index (κ1) is 16.5. The van der Waals surface area contributed by atoms with Crippen molar-refractivity contribution in [2.75, 3.05) is 12.4 Å². The molecule has 2 aliphatic carbocycles. The molecule has 2 saturated carbocycles. The number of hydrogen-bond donors (Lipinski definition) is 1. The van der Waals surface area contributed by atoms with E-state index >= 15 is 0 Å². The van der Waals surface area contributed by atoms with Crippen LogP contribution in [-0.4, -0.2) is 23.8 Å². The topological polar surface area (TPSA) is 68.3 Å². The van der Waals surface area contributed by atoms with Gasteiger partial charge in [0.25, 0.3) is 0 Å². The molecule has 2 fully saturated rings. The molecule has 132 valence electrons. The number of nitrogens with one attached hydrogen (secondary N) is 1. The molecule has 1 amide bonds. The second kappa shape index (κ2) is 5.04. The lowest BCUT2D eigenvalue weighted by atomic mass is 9.64. The summed E-state index contributed by atoms with van der Waals surface area (Å²) < 4.78 is 6.20. The monoisotopic (exact) mass is 358 g/mol. The van der Waals surface area contributed by atoms with Crippen LogP contribution in [0.4, 0.5) is 5.13 Å². The molecular weight excluding hydrogens is 336 g/mol. The average molecular weight is 358 g/mol. The first-order valence-corrected chi connectivity index (χ1v) is 9.34. The number of anilines is 1. The summed E-state index contributed by atoms with van der Waals surface area (Å²) in [6.07, 6.45) is 1.87. The van der Waals surface area contributed by atoms with E-state index in [9.17, 15) is 9.59 Å². The summed E-state index contributed by atoms with van der Waals surface area (Å²) in [6, 6.07) is 5.65. The van der Waals surface area contributed by atoms with E-state index in [2.05, 4.69) is 24.1 Å². The summed E-state index contributed by atoms with van der Waals surface area (Å²) in [4.78, 5) is 30.2. The fourth-order valence-corrected chi connectivity index (χ4v) is 5.55. The minimum atomic E-state index is -0.631. The zero-order valence-electron chi connectivity index (χ0n) is 14.9. The first-order valence-electron chi connectivity index (χ1n) is 8.53. The van der Waals surface area contributed by atoms with Gasteiger partial charge in [0.05, 0.1) is 22.7 Å². The predicted octanol–water partition coefficient (Wildman–Crippen LogP) is 4.03. The van der Waals surface area contributed by atoms with Crippen LogP contribution < -0.4 is 10.1 Å². The Labute approximate surface area is 150 Å². The van der Waals surface area contributed by atoms with E-state index in [0.29, 0.717) is 11.6 Å². The summed E-state index contributed by atoms with van der Waals surface area (Å²) in [7, 11) is 1.63. The van der Waals surface area contributed by atoms with Crippen molar-refractivity contribution in [3.63, 3.8) is 0 Å². The van der Waals surface area contributed by atoms with E-state index in [0.717, 1.165) is 28.8 Å². The van der Waals surface area contributed by atoms with Crippen molar-refractivity contribution in [2.45, 2.75) is 40.0 Å². The maximum atomic E-state index is 13.2. The highest BCUT2D eigenvalue weighted by atomic mass is 32.1. The first-order chi connectivity index (χ1) is 11.7. The van der Waals surface area contributed by atoms with Gasteiger partial charge in [-0.15, -0.1) is 0 Å². The molecule has 1 aromatic heterocycles. The number of carbonyl (C=O) groups excluding carboxylic acids is 2. The van der Waals surface area contributed by atoms with Gasteiger partial charge in [0.2, 0.25) is 5.91 Å². The van der Waals surface area contributed by atoms with E-state index in [1.54, 1.807) is 7.11 Å². The molecule has 2 bridgehead atoms. The number of ether oxygens (including phenoxy) is 1. The Bertz CT molecular complexity index is 903. The van der Waals surface area contributed by atoms with Gasteiger partial charge in [-0.25, -0.2) is 4.98 Å². The highest BCUT2D eigenvalue weighted by Crippen LogP contribution is 2.70. The van der Waals surface area contributed by atoms with Crippen molar-refractivity contribution in [2.24, 2.45) is 16.2 Å². The molecule has 2 atom stereocenters. The largest absolute Gasteiger partial charge is 0.497 e. The number of Topliss-reactive ketones (excluding diaryl/α,β-unsaturated/α-hetero) is 1. The third-order valence-electron chi connectivity index (χ3n) is 6.96. The Balaban J connectivity index is 1.66. The number of methoxy groups -OCH3 is 1. The molecule has 0 radical (unpaired) electrons. The van der Waals surface area contributed by atoms with Gasteiger partial charge in [-0.1, -0.05) is 32.1 Å². The number of carbonyl (C=O) groups is 2. The highest BCUT2D eigenvalue weighted by molar-refractivity contribution is 7.22. The number of thiazole rings is 1. The molecular formula is C19H22N2O3S. The number of aromatic nitrogens is 1. The summed E-state index contributed by atoms with van der Waals surface area (Å²) in [5.74, 6) is 0.910. The number of benzene rings is 1. The van der Waals surface area contributed by atoms with E-state index in [1.807, 2.05) is 25.1 Å². The smallest absolute Gasteiger partial charge is 0.233 e. The maximum absolute atomic E-state index is 13.2. The Morgan fingerprint density at radius 1 is 1.28 bits per heavy atom. The predicted molar refractivity (Wildman–Crippen MR) is 98.0 cm³/mol. The lowest BCUT2D eigenvalue weighted by Crippen LogP contribution is -2.43. The molecule has 0 unspecified atom stereocenters. The van der Waals surface area contributed by atoms with Crippen LogP contribution in [0.1, 0.15) is 40.0 Å². The van der Waals surface area contributed by atoms with Crippen molar-refractivity contribution < 1.29 is 14.3 Å². The molecule has 1 heterocycles. The number of fused-ring (bicyclic) bond motifs is 3. The summed E-state index contributed by atoms with van der Waals surface area (Å²) in [6.45, 7) is 6.14. The van der Waals surface area contributed by atoms with Crippen molar-refractivity contribution in [3.05, 3.63) is 18.2 Å². The van der Waals surface area contributed by atoms with Crippen LogP contribution in [0.15, 0.2) is 18.2 Å². The number of amides is 1. The Morgan fingerprint density at radius 3 is 2.64 bits per heavy atom. The summed E-state index contributed by atoms with van der Waals surface area (Å²) >= 11 is 1.43. The van der Waals surface area contributed by atoms with Crippen LogP contribution in [0.5, 0.6) is 5.75 Å². The van der Waals surface area contributed by atoms with Crippen LogP contribution >= 0.6 is 11.3 Å². The second-order valence-corrected chi connectivity index (χ2v) is 8.98. The van der Waals surface area contributed by atoms with E-state index in [-0.39, 0.29) is 17.1 Å². The van der Waals surface area contributed by atoms with Crippen LogP contribution in [0, 0.1) is 16.2 Å². The molecule has 0 saturated heterocycles. The van der Waals surface area contributed by atoms with E-state index in [1.165, 1.54) is 11.3 Å². The van der Waals surface area contributed by atoms with Gasteiger partial charge in [-0.2, -0.15) is 0 Å². The molecule has 1 aromatic carbocycles. The SMILES string of the molecule is COc1ccc2nc(NC(=O)[C@@]34CC[C@](C)(C(=O)C3)C4(C)C)sc2c1. The average Bonchev–Trinajstić information content (AvgIpc) is 3.10.